The van der Waals surface area contributed by atoms with Crippen LogP contribution < -0.4 is 10.2 Å². The number of nitrogens with one attached hydrogen (secondary N) is 1. The quantitative estimate of drug-likeness (QED) is 0.628. The van der Waals surface area contributed by atoms with Crippen molar-refractivity contribution in [2.75, 3.05) is 11.9 Å². The molecule has 0 radical (unpaired) electrons. The van der Waals surface area contributed by atoms with Gasteiger partial charge >= 0.3 is 6.18 Å². The molecule has 1 aliphatic rings. The third kappa shape index (κ3) is 5.42. The van der Waals surface area contributed by atoms with Gasteiger partial charge in [-0.3, -0.25) is 4.79 Å². The van der Waals surface area contributed by atoms with Gasteiger partial charge in [-0.15, -0.1) is 0 Å². The summed E-state index contributed by atoms with van der Waals surface area (Å²) in [5.41, 5.74) is 0.970. The number of halogens is 3. The predicted molar refractivity (Wildman–Crippen MR) is 119 cm³/mol. The number of nitrogens with zero attached hydrogens (tertiary/aromatic N) is 2. The molecule has 0 spiro atoms. The molecule has 0 aliphatic heterocycles. The average molecular weight is 444 g/mol. The van der Waals surface area contributed by atoms with Gasteiger partial charge in [-0.05, 0) is 67.5 Å². The molecule has 1 N–H and O–H groups in total. The molecule has 2 aromatic rings. The van der Waals surface area contributed by atoms with Crippen molar-refractivity contribution in [2.24, 2.45) is 0 Å². The first kappa shape index (κ1) is 23.6. The van der Waals surface area contributed by atoms with Gasteiger partial charge in [-0.1, -0.05) is 26.0 Å². The summed E-state index contributed by atoms with van der Waals surface area (Å²) < 4.78 is 39.9. The smallest absolute Gasteiger partial charge is 0.372 e. The van der Waals surface area contributed by atoms with Crippen molar-refractivity contribution in [2.45, 2.75) is 63.7 Å². The highest BCUT2D eigenvalue weighted by atomic mass is 19.4. The highest BCUT2D eigenvalue weighted by Crippen LogP contribution is 2.35. The molecule has 170 valence electrons. The SMILES string of the molecule is CC(C)c1ccc(C(=O)NC2CCC(N(C)c3ccc(C#N)c(C(F)(F)F)c3)CC2)cc1. The maximum absolute atomic E-state index is 13.3. The van der Waals surface area contributed by atoms with E-state index in [1.165, 1.54) is 11.6 Å². The van der Waals surface area contributed by atoms with E-state index >= 15 is 0 Å². The fourth-order valence-corrected chi connectivity index (χ4v) is 4.19. The lowest BCUT2D eigenvalue weighted by molar-refractivity contribution is -0.137. The van der Waals surface area contributed by atoms with Crippen LogP contribution in [0, 0.1) is 11.3 Å². The van der Waals surface area contributed by atoms with Gasteiger partial charge in [-0.25, -0.2) is 0 Å². The minimum absolute atomic E-state index is 0.0450. The van der Waals surface area contributed by atoms with Crippen LogP contribution >= 0.6 is 0 Å². The Morgan fingerprint density at radius 1 is 1.09 bits per heavy atom. The molecule has 0 saturated heterocycles. The number of hydrogen-bond donors (Lipinski definition) is 1. The summed E-state index contributed by atoms with van der Waals surface area (Å²) in [5, 5.41) is 12.1. The first-order valence-electron chi connectivity index (χ1n) is 10.8. The summed E-state index contributed by atoms with van der Waals surface area (Å²) in [6.45, 7) is 4.21. The molecule has 0 unspecified atom stereocenters. The molecule has 1 saturated carbocycles. The molecule has 1 amide bonds. The lowest BCUT2D eigenvalue weighted by Gasteiger charge is -2.36. The Labute approximate surface area is 187 Å². The van der Waals surface area contributed by atoms with E-state index < -0.39 is 11.7 Å². The van der Waals surface area contributed by atoms with E-state index in [2.05, 4.69) is 19.2 Å². The molecule has 0 heterocycles. The van der Waals surface area contributed by atoms with Gasteiger partial charge in [0.15, 0.2) is 0 Å². The summed E-state index contributed by atoms with van der Waals surface area (Å²) in [7, 11) is 1.78. The second-order valence-corrected chi connectivity index (χ2v) is 8.71. The zero-order valence-electron chi connectivity index (χ0n) is 18.5. The Hall–Kier alpha value is -3.01. The van der Waals surface area contributed by atoms with Gasteiger partial charge < -0.3 is 10.2 Å². The molecule has 4 nitrogen and oxygen atoms in total. The van der Waals surface area contributed by atoms with E-state index in [4.69, 9.17) is 5.26 Å². The zero-order chi connectivity index (χ0) is 23.5. The third-order valence-corrected chi connectivity index (χ3v) is 6.26. The Kier molecular flexibility index (Phi) is 7.12. The number of benzene rings is 2. The standard InChI is InChI=1S/C25H28F3N3O/c1-16(2)17-4-6-18(7-5-17)24(32)30-20-9-12-21(13-10-20)31(3)22-11-8-19(15-29)23(14-22)25(26,27)28/h4-8,11,14,16,20-21H,9-10,12-13H2,1-3H3,(H,30,32). The van der Waals surface area contributed by atoms with Gasteiger partial charge in [0.25, 0.3) is 5.91 Å². The predicted octanol–water partition coefficient (Wildman–Crippen LogP) is 5.88. The Bertz CT molecular complexity index is 985. The lowest BCUT2D eigenvalue weighted by Crippen LogP contribution is -2.43. The van der Waals surface area contributed by atoms with Crippen LogP contribution in [0.3, 0.4) is 0 Å². The van der Waals surface area contributed by atoms with Crippen molar-refractivity contribution >= 4 is 11.6 Å². The largest absolute Gasteiger partial charge is 0.417 e. The molecule has 1 aliphatic carbocycles. The van der Waals surface area contributed by atoms with Crippen molar-refractivity contribution in [1.29, 1.82) is 5.26 Å². The number of anilines is 1. The highest BCUT2D eigenvalue weighted by molar-refractivity contribution is 5.94. The van der Waals surface area contributed by atoms with E-state index in [0.717, 1.165) is 31.7 Å². The minimum Gasteiger partial charge on any atom is -0.372 e. The lowest BCUT2D eigenvalue weighted by atomic mass is 9.89. The monoisotopic (exact) mass is 443 g/mol. The van der Waals surface area contributed by atoms with Gasteiger partial charge in [0.05, 0.1) is 17.2 Å². The van der Waals surface area contributed by atoms with Crippen LogP contribution in [0.4, 0.5) is 18.9 Å². The van der Waals surface area contributed by atoms with Crippen LogP contribution in [-0.4, -0.2) is 25.0 Å². The summed E-state index contributed by atoms with van der Waals surface area (Å²) >= 11 is 0. The fraction of sp³-hybridized carbons (Fsp3) is 0.440. The molecule has 3 rings (SSSR count). The second-order valence-electron chi connectivity index (χ2n) is 8.71. The van der Waals surface area contributed by atoms with Crippen LogP contribution in [0.25, 0.3) is 0 Å². The highest BCUT2D eigenvalue weighted by Gasteiger charge is 2.34. The second kappa shape index (κ2) is 9.64. The van der Waals surface area contributed by atoms with Gasteiger partial charge in [-0.2, -0.15) is 18.4 Å². The van der Waals surface area contributed by atoms with Crippen molar-refractivity contribution in [3.05, 3.63) is 64.7 Å². The van der Waals surface area contributed by atoms with E-state index in [9.17, 15) is 18.0 Å². The number of carbonyl (C=O) groups is 1. The normalized spacial score (nSPS) is 18.8. The van der Waals surface area contributed by atoms with Gasteiger partial charge in [0.1, 0.15) is 0 Å². The number of nitriles is 1. The van der Waals surface area contributed by atoms with Crippen LogP contribution in [0.1, 0.15) is 72.5 Å². The number of rotatable bonds is 5. The number of hydrogen-bond acceptors (Lipinski definition) is 3. The molecule has 7 heteroatoms. The Balaban J connectivity index is 1.59. The van der Waals surface area contributed by atoms with E-state index in [1.807, 2.05) is 29.2 Å². The summed E-state index contributed by atoms with van der Waals surface area (Å²) in [5.74, 6) is 0.307. The summed E-state index contributed by atoms with van der Waals surface area (Å²) in [6.07, 6.45) is -1.54. The molecule has 0 aromatic heterocycles. The van der Waals surface area contributed by atoms with Crippen molar-refractivity contribution in [3.63, 3.8) is 0 Å². The van der Waals surface area contributed by atoms with Crippen molar-refractivity contribution < 1.29 is 18.0 Å². The van der Waals surface area contributed by atoms with Crippen LogP contribution in [0.2, 0.25) is 0 Å². The molecular weight excluding hydrogens is 415 g/mol. The molecule has 0 bridgehead atoms. The first-order valence-corrected chi connectivity index (χ1v) is 10.8. The van der Waals surface area contributed by atoms with Gasteiger partial charge in [0, 0.05) is 30.4 Å². The van der Waals surface area contributed by atoms with E-state index in [1.54, 1.807) is 19.2 Å². The van der Waals surface area contributed by atoms with E-state index in [0.29, 0.717) is 17.2 Å². The molecule has 1 fully saturated rings. The molecular formula is C25H28F3N3O. The topological polar surface area (TPSA) is 56.1 Å². The minimum atomic E-state index is -4.57. The average Bonchev–Trinajstić information content (AvgIpc) is 2.78. The van der Waals surface area contributed by atoms with Gasteiger partial charge in [0.2, 0.25) is 0 Å². The maximum Gasteiger partial charge on any atom is 0.417 e. The fourth-order valence-electron chi connectivity index (χ4n) is 4.19. The van der Waals surface area contributed by atoms with Crippen molar-refractivity contribution in [1.82, 2.24) is 5.32 Å². The summed E-state index contributed by atoms with van der Waals surface area (Å²) in [4.78, 5) is 14.4. The first-order chi connectivity index (χ1) is 15.1. The molecule has 2 aromatic carbocycles. The van der Waals surface area contributed by atoms with E-state index in [-0.39, 0.29) is 23.6 Å². The van der Waals surface area contributed by atoms with Crippen LogP contribution in [0.5, 0.6) is 0 Å². The number of carbonyl (C=O) groups excluding carboxylic acids is 1. The van der Waals surface area contributed by atoms with Crippen molar-refractivity contribution in [3.8, 4) is 6.07 Å². The number of amides is 1. The third-order valence-electron chi connectivity index (χ3n) is 6.26. The molecule has 32 heavy (non-hydrogen) atoms. The molecule has 0 atom stereocenters. The maximum atomic E-state index is 13.3. The Morgan fingerprint density at radius 3 is 2.25 bits per heavy atom. The van der Waals surface area contributed by atoms with Crippen LogP contribution in [-0.2, 0) is 6.18 Å². The zero-order valence-corrected chi connectivity index (χ0v) is 18.5. The van der Waals surface area contributed by atoms with Crippen LogP contribution in [0.15, 0.2) is 42.5 Å². The number of alkyl halides is 3. The summed E-state index contributed by atoms with van der Waals surface area (Å²) in [6, 6.07) is 13.2. The Morgan fingerprint density at radius 2 is 1.72 bits per heavy atom.